The van der Waals surface area contributed by atoms with Crippen LogP contribution in [0.5, 0.6) is 0 Å². The van der Waals surface area contributed by atoms with Gasteiger partial charge >= 0.3 is 5.97 Å². The van der Waals surface area contributed by atoms with E-state index in [0.29, 0.717) is 6.61 Å². The van der Waals surface area contributed by atoms with E-state index < -0.39 is 5.97 Å². The molecule has 0 heterocycles. The first-order valence-electron chi connectivity index (χ1n) is 2.65. The number of rotatable bonds is 4. The van der Waals surface area contributed by atoms with Gasteiger partial charge in [-0.05, 0) is 6.42 Å². The van der Waals surface area contributed by atoms with Crippen LogP contribution >= 0.6 is 0 Å². The van der Waals surface area contributed by atoms with Crippen molar-refractivity contribution in [3.63, 3.8) is 0 Å². The summed E-state index contributed by atoms with van der Waals surface area (Å²) in [5.74, 6) is -1.09. The second-order valence-electron chi connectivity index (χ2n) is 1.41. The second kappa shape index (κ2) is 5.08. The molecule has 9 heavy (non-hydrogen) atoms. The third-order valence-corrected chi connectivity index (χ3v) is 0.533. The number of hydrogen-bond acceptors (Lipinski definition) is 3. The maximum atomic E-state index is 9.73. The summed E-state index contributed by atoms with van der Waals surface area (Å²) in [6.45, 7) is 2.38. The number of nitrogens with zero attached hydrogens (tertiary/aromatic N) is 1. The molecule has 0 fully saturated rings. The van der Waals surface area contributed by atoms with Gasteiger partial charge in [0.05, 0.1) is 0 Å². The molecule has 0 radical (unpaired) electrons. The molecule has 1 N–H and O–H groups in total. The zero-order valence-corrected chi connectivity index (χ0v) is 5.20. The molecular formula is C5H9NO3. The van der Waals surface area contributed by atoms with Gasteiger partial charge in [-0.15, -0.1) is 0 Å². The molecule has 0 aliphatic carbocycles. The van der Waals surface area contributed by atoms with Crippen molar-refractivity contribution < 1.29 is 14.7 Å². The molecule has 4 heteroatoms. The number of oxime groups is 1. The van der Waals surface area contributed by atoms with Crippen molar-refractivity contribution in [2.45, 2.75) is 13.3 Å². The van der Waals surface area contributed by atoms with Crippen molar-refractivity contribution in [2.75, 3.05) is 6.61 Å². The molecule has 0 saturated heterocycles. The molecule has 0 saturated carbocycles. The lowest BCUT2D eigenvalue weighted by atomic mass is 10.5. The van der Waals surface area contributed by atoms with Gasteiger partial charge in [-0.3, -0.25) is 0 Å². The first-order valence-corrected chi connectivity index (χ1v) is 2.65. The van der Waals surface area contributed by atoms with Crippen LogP contribution in [0.25, 0.3) is 0 Å². The molecule has 0 amide bonds. The first-order chi connectivity index (χ1) is 4.27. The largest absolute Gasteiger partial charge is 0.477 e. The van der Waals surface area contributed by atoms with E-state index in [1.807, 2.05) is 6.92 Å². The second-order valence-corrected chi connectivity index (χ2v) is 1.41. The summed E-state index contributed by atoms with van der Waals surface area (Å²) in [5.41, 5.74) is 0. The molecule has 0 aromatic rings. The topological polar surface area (TPSA) is 58.9 Å². The standard InChI is InChI=1S/C5H9NO3/c1-2-3-9-6-4-5(7)8/h4H,2-3H2,1H3,(H,7,8). The van der Waals surface area contributed by atoms with E-state index in [1.165, 1.54) is 0 Å². The Hall–Kier alpha value is -1.06. The Morgan fingerprint density at radius 3 is 3.00 bits per heavy atom. The first kappa shape index (κ1) is 7.94. The molecule has 52 valence electrons. The van der Waals surface area contributed by atoms with Crippen LogP contribution in [0.3, 0.4) is 0 Å². The minimum atomic E-state index is -1.09. The fraction of sp³-hybridized carbons (Fsp3) is 0.600. The van der Waals surface area contributed by atoms with E-state index in [-0.39, 0.29) is 0 Å². The highest BCUT2D eigenvalue weighted by Crippen LogP contribution is 1.78. The van der Waals surface area contributed by atoms with Crippen LogP contribution in [0.4, 0.5) is 0 Å². The van der Waals surface area contributed by atoms with Gasteiger partial charge < -0.3 is 9.94 Å². The van der Waals surface area contributed by atoms with Crippen molar-refractivity contribution in [1.29, 1.82) is 0 Å². The Morgan fingerprint density at radius 2 is 2.56 bits per heavy atom. The van der Waals surface area contributed by atoms with Crippen molar-refractivity contribution >= 4 is 12.2 Å². The van der Waals surface area contributed by atoms with Crippen molar-refractivity contribution in [3.05, 3.63) is 0 Å². The van der Waals surface area contributed by atoms with E-state index in [0.717, 1.165) is 12.6 Å². The normalized spacial score (nSPS) is 9.89. The molecule has 0 unspecified atom stereocenters. The highest BCUT2D eigenvalue weighted by molar-refractivity contribution is 6.21. The Kier molecular flexibility index (Phi) is 4.49. The monoisotopic (exact) mass is 131 g/mol. The lowest BCUT2D eigenvalue weighted by molar-refractivity contribution is -0.129. The molecule has 0 aromatic carbocycles. The third-order valence-electron chi connectivity index (χ3n) is 0.533. The van der Waals surface area contributed by atoms with Gasteiger partial charge in [0.15, 0.2) is 6.21 Å². The van der Waals surface area contributed by atoms with Gasteiger partial charge in [-0.2, -0.15) is 0 Å². The minimum Gasteiger partial charge on any atom is -0.477 e. The van der Waals surface area contributed by atoms with E-state index in [2.05, 4.69) is 9.99 Å². The number of carboxylic acid groups (broad SMARTS) is 1. The van der Waals surface area contributed by atoms with Gasteiger partial charge in [0.25, 0.3) is 0 Å². The van der Waals surface area contributed by atoms with Gasteiger partial charge in [0.1, 0.15) is 6.61 Å². The van der Waals surface area contributed by atoms with Crippen LogP contribution in [0.1, 0.15) is 13.3 Å². The third kappa shape index (κ3) is 6.94. The Balaban J connectivity index is 3.15. The maximum Gasteiger partial charge on any atom is 0.350 e. The number of hydrogen-bond donors (Lipinski definition) is 1. The fourth-order valence-corrected chi connectivity index (χ4v) is 0.226. The molecular weight excluding hydrogens is 122 g/mol. The zero-order chi connectivity index (χ0) is 7.11. The van der Waals surface area contributed by atoms with Crippen LogP contribution in [-0.4, -0.2) is 23.9 Å². The summed E-state index contributed by atoms with van der Waals surface area (Å²) in [4.78, 5) is 14.2. The van der Waals surface area contributed by atoms with Crippen molar-refractivity contribution in [1.82, 2.24) is 0 Å². The lowest BCUT2D eigenvalue weighted by Crippen LogP contribution is -1.96. The van der Waals surface area contributed by atoms with Crippen LogP contribution in [-0.2, 0) is 9.63 Å². The van der Waals surface area contributed by atoms with E-state index in [1.54, 1.807) is 0 Å². The van der Waals surface area contributed by atoms with Gasteiger partial charge in [-0.25, -0.2) is 4.79 Å². The molecule has 0 bridgehead atoms. The van der Waals surface area contributed by atoms with Crippen LogP contribution in [0.15, 0.2) is 5.16 Å². The summed E-state index contributed by atoms with van der Waals surface area (Å²) in [5, 5.41) is 11.1. The Morgan fingerprint density at radius 1 is 1.89 bits per heavy atom. The average molecular weight is 131 g/mol. The summed E-state index contributed by atoms with van der Waals surface area (Å²) in [6, 6.07) is 0. The summed E-state index contributed by atoms with van der Waals surface area (Å²) < 4.78 is 0. The van der Waals surface area contributed by atoms with Crippen LogP contribution < -0.4 is 0 Å². The van der Waals surface area contributed by atoms with E-state index >= 15 is 0 Å². The number of aliphatic carboxylic acids is 1. The van der Waals surface area contributed by atoms with E-state index in [4.69, 9.17) is 5.11 Å². The summed E-state index contributed by atoms with van der Waals surface area (Å²) in [6.07, 6.45) is 1.55. The van der Waals surface area contributed by atoms with Crippen molar-refractivity contribution in [3.8, 4) is 0 Å². The minimum absolute atomic E-state index is 0.462. The van der Waals surface area contributed by atoms with Gasteiger partial charge in [0, 0.05) is 0 Å². The van der Waals surface area contributed by atoms with Gasteiger partial charge in [0.2, 0.25) is 0 Å². The molecule has 0 spiro atoms. The zero-order valence-electron chi connectivity index (χ0n) is 5.20. The quantitative estimate of drug-likeness (QED) is 0.343. The van der Waals surface area contributed by atoms with Gasteiger partial charge in [-0.1, -0.05) is 12.1 Å². The number of carboxylic acids is 1. The summed E-state index contributed by atoms with van der Waals surface area (Å²) in [7, 11) is 0. The molecule has 0 aromatic heterocycles. The Labute approximate surface area is 53.1 Å². The molecule has 0 rings (SSSR count). The predicted octanol–water partition coefficient (Wildman–Crippen LogP) is 0.483. The van der Waals surface area contributed by atoms with Crippen LogP contribution in [0, 0.1) is 0 Å². The van der Waals surface area contributed by atoms with Crippen LogP contribution in [0.2, 0.25) is 0 Å². The molecule has 0 aliphatic heterocycles. The average Bonchev–Trinajstić information content (AvgIpc) is 1.80. The van der Waals surface area contributed by atoms with E-state index in [9.17, 15) is 4.79 Å². The summed E-state index contributed by atoms with van der Waals surface area (Å²) >= 11 is 0. The molecule has 0 atom stereocenters. The predicted molar refractivity (Wildman–Crippen MR) is 32.4 cm³/mol. The lowest BCUT2D eigenvalue weighted by Gasteiger charge is -1.90. The maximum absolute atomic E-state index is 9.73. The smallest absolute Gasteiger partial charge is 0.350 e. The fourth-order valence-electron chi connectivity index (χ4n) is 0.226. The highest BCUT2D eigenvalue weighted by atomic mass is 16.6. The SMILES string of the molecule is CCCON=CC(=O)O. The highest BCUT2D eigenvalue weighted by Gasteiger charge is 1.84. The number of carbonyl (C=O) groups is 1. The molecule has 4 nitrogen and oxygen atoms in total. The Bertz CT molecular complexity index is 111. The van der Waals surface area contributed by atoms with Crippen molar-refractivity contribution in [2.24, 2.45) is 5.16 Å². The molecule has 0 aliphatic rings.